The van der Waals surface area contributed by atoms with Crippen molar-refractivity contribution in [3.8, 4) is 0 Å². The van der Waals surface area contributed by atoms with Crippen LogP contribution in [0.4, 0.5) is 0 Å². The molecule has 0 spiro atoms. The van der Waals surface area contributed by atoms with Crippen LogP contribution >= 0.6 is 0 Å². The summed E-state index contributed by atoms with van der Waals surface area (Å²) in [5.41, 5.74) is 2.54. The highest BCUT2D eigenvalue weighted by Crippen LogP contribution is 2.36. The Balaban J connectivity index is 2.19. The van der Waals surface area contributed by atoms with Crippen molar-refractivity contribution in [2.45, 2.75) is 83.9 Å². The molecule has 0 aromatic heterocycles. The predicted octanol–water partition coefficient (Wildman–Crippen LogP) is 6.24. The molecule has 0 aliphatic carbocycles. The number of aliphatic hydroxyl groups excluding tert-OH is 1. The highest BCUT2D eigenvalue weighted by atomic mass is 28.4. The first-order valence-electron chi connectivity index (χ1n) is 11.3. The Morgan fingerprint density at radius 2 is 1.37 bits per heavy atom. The maximum Gasteiger partial charge on any atom is 0.191 e. The van der Waals surface area contributed by atoms with Crippen LogP contribution in [0.2, 0.25) is 18.1 Å². The van der Waals surface area contributed by atoms with Gasteiger partial charge in [0, 0.05) is 25.7 Å². The van der Waals surface area contributed by atoms with E-state index in [-0.39, 0.29) is 17.2 Å². The van der Waals surface area contributed by atoms with Crippen molar-refractivity contribution in [3.05, 3.63) is 71.8 Å². The lowest BCUT2D eigenvalue weighted by Gasteiger charge is -2.38. The summed E-state index contributed by atoms with van der Waals surface area (Å²) in [5.74, 6) is 0. The van der Waals surface area contributed by atoms with E-state index >= 15 is 0 Å². The lowest BCUT2D eigenvalue weighted by Crippen LogP contribution is -2.45. The molecule has 3 nitrogen and oxygen atoms in total. The van der Waals surface area contributed by atoms with Gasteiger partial charge in [-0.15, -0.1) is 0 Å². The molecule has 166 valence electrons. The minimum Gasteiger partial charge on any atom is -0.417 e. The first-order valence-corrected chi connectivity index (χ1v) is 14.2. The second-order valence-electron chi connectivity index (χ2n) is 9.82. The molecule has 0 aliphatic heterocycles. The maximum atomic E-state index is 10.9. The van der Waals surface area contributed by atoms with Crippen molar-refractivity contribution < 1.29 is 9.53 Å². The molecular formula is C26H41NO2Si. The normalized spacial score (nSPS) is 14.7. The molecule has 0 saturated heterocycles. The number of hydrogen-bond acceptors (Lipinski definition) is 3. The van der Waals surface area contributed by atoms with Crippen LogP contribution in [0.3, 0.4) is 0 Å². The lowest BCUT2D eigenvalue weighted by molar-refractivity contribution is 0.0242. The van der Waals surface area contributed by atoms with E-state index in [9.17, 15) is 5.11 Å². The first kappa shape index (κ1) is 24.8. The second kappa shape index (κ2) is 11.2. The lowest BCUT2D eigenvalue weighted by atomic mass is 10.0. The van der Waals surface area contributed by atoms with Crippen LogP contribution in [0, 0.1) is 0 Å². The van der Waals surface area contributed by atoms with E-state index in [2.05, 4.69) is 106 Å². The van der Waals surface area contributed by atoms with Gasteiger partial charge in [-0.1, -0.05) is 88.4 Å². The Hall–Kier alpha value is -1.46. The third kappa shape index (κ3) is 7.35. The molecule has 0 fully saturated rings. The number of aliphatic hydroxyl groups is 1. The Kier molecular flexibility index (Phi) is 9.29. The van der Waals surface area contributed by atoms with Crippen molar-refractivity contribution in [1.82, 2.24) is 4.90 Å². The van der Waals surface area contributed by atoms with E-state index in [0.29, 0.717) is 6.61 Å². The molecule has 2 aromatic rings. The molecule has 30 heavy (non-hydrogen) atoms. The van der Waals surface area contributed by atoms with Gasteiger partial charge in [0.15, 0.2) is 8.32 Å². The van der Waals surface area contributed by atoms with Gasteiger partial charge in [-0.25, -0.2) is 0 Å². The molecule has 0 aliphatic rings. The predicted molar refractivity (Wildman–Crippen MR) is 130 cm³/mol. The average Bonchev–Trinajstić information content (AvgIpc) is 2.71. The van der Waals surface area contributed by atoms with Crippen molar-refractivity contribution in [1.29, 1.82) is 0 Å². The standard InChI is InChI=1S/C26H41NO2Si/c1-7-25(28)24(18-19-29-30(5,6)26(2,3)4)27(20-22-14-10-8-11-15-22)21-23-16-12-9-13-17-23/h8-17,24-25,28H,7,18-21H2,1-6H3/t24-,25-/m0/s1. The zero-order valence-electron chi connectivity index (χ0n) is 19.8. The molecule has 2 rings (SSSR count). The largest absolute Gasteiger partial charge is 0.417 e. The number of hydrogen-bond donors (Lipinski definition) is 1. The monoisotopic (exact) mass is 427 g/mol. The summed E-state index contributed by atoms with van der Waals surface area (Å²) < 4.78 is 6.47. The fourth-order valence-electron chi connectivity index (χ4n) is 3.47. The summed E-state index contributed by atoms with van der Waals surface area (Å²) >= 11 is 0. The Bertz CT molecular complexity index is 686. The zero-order valence-corrected chi connectivity index (χ0v) is 20.8. The van der Waals surface area contributed by atoms with E-state index in [4.69, 9.17) is 4.43 Å². The van der Waals surface area contributed by atoms with Gasteiger partial charge in [0.1, 0.15) is 0 Å². The molecule has 2 aromatic carbocycles. The minimum atomic E-state index is -1.80. The highest BCUT2D eigenvalue weighted by molar-refractivity contribution is 6.74. The van der Waals surface area contributed by atoms with Crippen LogP contribution in [-0.4, -0.2) is 37.1 Å². The van der Waals surface area contributed by atoms with Crippen LogP contribution < -0.4 is 0 Å². The van der Waals surface area contributed by atoms with Crippen molar-refractivity contribution in [3.63, 3.8) is 0 Å². The topological polar surface area (TPSA) is 32.7 Å². The Morgan fingerprint density at radius 1 is 0.900 bits per heavy atom. The van der Waals surface area contributed by atoms with Gasteiger partial charge in [0.2, 0.25) is 0 Å². The number of nitrogens with zero attached hydrogens (tertiary/aromatic N) is 1. The second-order valence-corrected chi connectivity index (χ2v) is 14.6. The van der Waals surface area contributed by atoms with Gasteiger partial charge in [0.25, 0.3) is 0 Å². The van der Waals surface area contributed by atoms with Gasteiger partial charge >= 0.3 is 0 Å². The summed E-state index contributed by atoms with van der Waals surface area (Å²) in [7, 11) is -1.80. The fraction of sp³-hybridized carbons (Fsp3) is 0.538. The van der Waals surface area contributed by atoms with E-state index < -0.39 is 8.32 Å². The van der Waals surface area contributed by atoms with Crippen LogP contribution in [0.25, 0.3) is 0 Å². The number of benzene rings is 2. The molecular weight excluding hydrogens is 386 g/mol. The van der Waals surface area contributed by atoms with Gasteiger partial charge in [-0.05, 0) is 42.1 Å². The molecule has 0 radical (unpaired) electrons. The summed E-state index contributed by atoms with van der Waals surface area (Å²) in [4.78, 5) is 2.42. The van der Waals surface area contributed by atoms with Crippen LogP contribution in [0.1, 0.15) is 51.7 Å². The third-order valence-corrected chi connectivity index (χ3v) is 11.0. The third-order valence-electron chi connectivity index (χ3n) is 6.47. The molecule has 0 bridgehead atoms. The van der Waals surface area contributed by atoms with Crippen LogP contribution in [0.5, 0.6) is 0 Å². The molecule has 1 N–H and O–H groups in total. The van der Waals surface area contributed by atoms with E-state index in [0.717, 1.165) is 25.9 Å². The highest BCUT2D eigenvalue weighted by Gasteiger charge is 2.37. The first-order chi connectivity index (χ1) is 14.1. The SMILES string of the molecule is CC[C@H](O)[C@H](CCO[Si](C)(C)C(C)(C)C)N(Cc1ccccc1)Cc1ccccc1. The Labute approximate surface area is 185 Å². The van der Waals surface area contributed by atoms with E-state index in [1.807, 2.05) is 0 Å². The smallest absolute Gasteiger partial charge is 0.191 e. The fourth-order valence-corrected chi connectivity index (χ4v) is 4.53. The van der Waals surface area contributed by atoms with Crippen LogP contribution in [0.15, 0.2) is 60.7 Å². The van der Waals surface area contributed by atoms with Crippen molar-refractivity contribution in [2.24, 2.45) is 0 Å². The Morgan fingerprint density at radius 3 is 1.77 bits per heavy atom. The van der Waals surface area contributed by atoms with Gasteiger partial charge in [0.05, 0.1) is 6.10 Å². The average molecular weight is 428 g/mol. The summed E-state index contributed by atoms with van der Waals surface area (Å²) in [5, 5.41) is 11.1. The van der Waals surface area contributed by atoms with E-state index in [1.165, 1.54) is 11.1 Å². The molecule has 0 saturated carbocycles. The molecule has 4 heteroatoms. The van der Waals surface area contributed by atoms with Gasteiger partial charge in [-0.3, -0.25) is 4.90 Å². The molecule has 2 atom stereocenters. The van der Waals surface area contributed by atoms with Gasteiger partial charge < -0.3 is 9.53 Å². The summed E-state index contributed by atoms with van der Waals surface area (Å²) in [6, 6.07) is 21.2. The molecule has 0 heterocycles. The van der Waals surface area contributed by atoms with E-state index in [1.54, 1.807) is 0 Å². The van der Waals surface area contributed by atoms with Gasteiger partial charge in [-0.2, -0.15) is 0 Å². The van der Waals surface area contributed by atoms with Crippen LogP contribution in [-0.2, 0) is 17.5 Å². The molecule has 0 amide bonds. The minimum absolute atomic E-state index is 0.0557. The molecule has 0 unspecified atom stereocenters. The summed E-state index contributed by atoms with van der Waals surface area (Å²) in [6.45, 7) is 15.8. The van der Waals surface area contributed by atoms with Crippen molar-refractivity contribution >= 4 is 8.32 Å². The quantitative estimate of drug-likeness (QED) is 0.431. The number of rotatable bonds is 11. The zero-order chi connectivity index (χ0) is 22.2. The van der Waals surface area contributed by atoms with Crippen molar-refractivity contribution in [2.75, 3.05) is 6.61 Å². The summed E-state index contributed by atoms with van der Waals surface area (Å²) in [6.07, 6.45) is 1.20. The maximum absolute atomic E-state index is 10.9.